The normalized spacial score (nSPS) is 13.6. The summed E-state index contributed by atoms with van der Waals surface area (Å²) in [6.07, 6.45) is 1.66. The van der Waals surface area contributed by atoms with Crippen molar-refractivity contribution in [1.29, 1.82) is 0 Å². The number of rotatable bonds is 3. The van der Waals surface area contributed by atoms with Crippen molar-refractivity contribution < 1.29 is 4.79 Å². The van der Waals surface area contributed by atoms with Gasteiger partial charge in [-0.2, -0.15) is 0 Å². The molecule has 5 nitrogen and oxygen atoms in total. The first-order valence-electron chi connectivity index (χ1n) is 6.63. The topological polar surface area (TPSA) is 72.1 Å². The van der Waals surface area contributed by atoms with Gasteiger partial charge < -0.3 is 10.6 Å². The number of nitrogens with zero attached hydrogens (tertiary/aromatic N) is 3. The molecule has 1 aromatic heterocycles. The maximum Gasteiger partial charge on any atom is 0.223 e. The zero-order chi connectivity index (χ0) is 14.1. The van der Waals surface area contributed by atoms with Crippen molar-refractivity contribution in [3.63, 3.8) is 0 Å². The van der Waals surface area contributed by atoms with Crippen LogP contribution in [0.15, 0.2) is 18.2 Å². The fourth-order valence-corrected chi connectivity index (χ4v) is 3.31. The van der Waals surface area contributed by atoms with E-state index in [9.17, 15) is 4.79 Å². The lowest BCUT2D eigenvalue weighted by Gasteiger charge is -2.14. The van der Waals surface area contributed by atoms with Gasteiger partial charge in [-0.15, -0.1) is 10.2 Å². The molecule has 2 N–H and O–H groups in total. The van der Waals surface area contributed by atoms with Crippen LogP contribution in [0.25, 0.3) is 10.6 Å². The minimum atomic E-state index is 0.0950. The van der Waals surface area contributed by atoms with Crippen molar-refractivity contribution >= 4 is 22.9 Å². The van der Waals surface area contributed by atoms with Gasteiger partial charge in [0.15, 0.2) is 0 Å². The van der Waals surface area contributed by atoms with Crippen molar-refractivity contribution in [2.24, 2.45) is 5.73 Å². The molecule has 0 atom stereocenters. The highest BCUT2D eigenvalue weighted by Crippen LogP contribution is 2.33. The highest BCUT2D eigenvalue weighted by atomic mass is 32.1. The molecule has 1 aromatic carbocycles. The van der Waals surface area contributed by atoms with Crippen molar-refractivity contribution in [3.05, 3.63) is 28.8 Å². The monoisotopic (exact) mass is 288 g/mol. The third-order valence-corrected chi connectivity index (χ3v) is 4.46. The van der Waals surface area contributed by atoms with Gasteiger partial charge in [0.1, 0.15) is 10.0 Å². The molecule has 0 radical (unpaired) electrons. The largest absolute Gasteiger partial charge is 0.330 e. The van der Waals surface area contributed by atoms with Crippen molar-refractivity contribution in [2.45, 2.75) is 19.8 Å². The standard InChI is InChI=1S/C14H16N4OS/c1-9(19)18-7-5-10-8-11(2-3-12(10)18)14-17-16-13(20-14)4-6-15/h2-3,8H,4-7,15H2,1H3. The minimum Gasteiger partial charge on any atom is -0.330 e. The molecule has 104 valence electrons. The van der Waals surface area contributed by atoms with Crippen LogP contribution in [-0.2, 0) is 17.6 Å². The average Bonchev–Trinajstić information content (AvgIpc) is 3.04. The molecule has 2 aromatic rings. The molecule has 0 aliphatic carbocycles. The number of benzene rings is 1. The first-order chi connectivity index (χ1) is 9.69. The van der Waals surface area contributed by atoms with Gasteiger partial charge in [0, 0.05) is 31.1 Å². The number of aromatic nitrogens is 2. The molecule has 0 fully saturated rings. The van der Waals surface area contributed by atoms with E-state index >= 15 is 0 Å². The zero-order valence-electron chi connectivity index (χ0n) is 11.3. The lowest BCUT2D eigenvalue weighted by molar-refractivity contribution is -0.116. The molecule has 0 saturated heterocycles. The molecule has 0 bridgehead atoms. The summed E-state index contributed by atoms with van der Waals surface area (Å²) in [5.74, 6) is 0.0950. The second-order valence-electron chi connectivity index (χ2n) is 4.80. The maximum atomic E-state index is 11.5. The Kier molecular flexibility index (Phi) is 3.50. The summed E-state index contributed by atoms with van der Waals surface area (Å²) in [5.41, 5.74) is 8.82. The Morgan fingerprint density at radius 1 is 1.45 bits per heavy atom. The highest BCUT2D eigenvalue weighted by molar-refractivity contribution is 7.14. The van der Waals surface area contributed by atoms with Crippen LogP contribution < -0.4 is 10.6 Å². The van der Waals surface area contributed by atoms with Gasteiger partial charge >= 0.3 is 0 Å². The molecule has 20 heavy (non-hydrogen) atoms. The fraction of sp³-hybridized carbons (Fsp3) is 0.357. The minimum absolute atomic E-state index is 0.0950. The smallest absolute Gasteiger partial charge is 0.223 e. The summed E-state index contributed by atoms with van der Waals surface area (Å²) in [4.78, 5) is 13.4. The lowest BCUT2D eigenvalue weighted by atomic mass is 10.1. The Morgan fingerprint density at radius 3 is 3.05 bits per heavy atom. The lowest BCUT2D eigenvalue weighted by Crippen LogP contribution is -2.25. The third kappa shape index (κ3) is 2.32. The van der Waals surface area contributed by atoms with Gasteiger partial charge in [-0.3, -0.25) is 4.79 Å². The van der Waals surface area contributed by atoms with Gasteiger partial charge in [0.2, 0.25) is 5.91 Å². The quantitative estimate of drug-likeness (QED) is 0.931. The van der Waals surface area contributed by atoms with Gasteiger partial charge in [0.05, 0.1) is 0 Å². The second kappa shape index (κ2) is 5.30. The molecule has 0 saturated carbocycles. The average molecular weight is 288 g/mol. The van der Waals surface area contributed by atoms with Crippen LogP contribution in [0.3, 0.4) is 0 Å². The van der Waals surface area contributed by atoms with Crippen LogP contribution in [0.2, 0.25) is 0 Å². The van der Waals surface area contributed by atoms with E-state index in [1.165, 1.54) is 5.56 Å². The van der Waals surface area contributed by atoms with E-state index in [0.717, 1.165) is 40.7 Å². The molecular formula is C14H16N4OS. The second-order valence-corrected chi connectivity index (χ2v) is 5.87. The Bertz CT molecular complexity index is 652. The van der Waals surface area contributed by atoms with E-state index in [2.05, 4.69) is 16.3 Å². The number of carbonyl (C=O) groups is 1. The third-order valence-electron chi connectivity index (χ3n) is 3.43. The summed E-state index contributed by atoms with van der Waals surface area (Å²) in [5, 5.41) is 10.2. The fourth-order valence-electron chi connectivity index (χ4n) is 2.46. The molecule has 6 heteroatoms. The molecule has 1 aliphatic heterocycles. The molecule has 1 amide bonds. The number of carbonyl (C=O) groups excluding carboxylic acids is 1. The van der Waals surface area contributed by atoms with Crippen molar-refractivity contribution in [2.75, 3.05) is 18.0 Å². The maximum absolute atomic E-state index is 11.5. The van der Waals surface area contributed by atoms with E-state index in [-0.39, 0.29) is 5.91 Å². The summed E-state index contributed by atoms with van der Waals surface area (Å²) in [7, 11) is 0. The highest BCUT2D eigenvalue weighted by Gasteiger charge is 2.22. The predicted molar refractivity (Wildman–Crippen MR) is 79.8 cm³/mol. The Labute approximate surface area is 121 Å². The molecule has 3 rings (SSSR count). The van der Waals surface area contributed by atoms with E-state index in [1.54, 1.807) is 18.3 Å². The molecule has 1 aliphatic rings. The number of nitrogens with two attached hydrogens (primary N) is 1. The van der Waals surface area contributed by atoms with E-state index in [1.807, 2.05) is 17.0 Å². The predicted octanol–water partition coefficient (Wildman–Crippen LogP) is 1.62. The Balaban J connectivity index is 1.91. The van der Waals surface area contributed by atoms with Crippen molar-refractivity contribution in [1.82, 2.24) is 10.2 Å². The summed E-state index contributed by atoms with van der Waals surface area (Å²) < 4.78 is 0. The van der Waals surface area contributed by atoms with Gasteiger partial charge in [-0.1, -0.05) is 11.3 Å². The van der Waals surface area contributed by atoms with Crippen LogP contribution in [0.4, 0.5) is 5.69 Å². The van der Waals surface area contributed by atoms with E-state index in [4.69, 9.17) is 5.73 Å². The number of hydrogen-bond donors (Lipinski definition) is 1. The van der Waals surface area contributed by atoms with Crippen LogP contribution in [-0.4, -0.2) is 29.2 Å². The van der Waals surface area contributed by atoms with Crippen molar-refractivity contribution in [3.8, 4) is 10.6 Å². The zero-order valence-corrected chi connectivity index (χ0v) is 12.1. The number of amides is 1. The van der Waals surface area contributed by atoms with Crippen LogP contribution in [0.5, 0.6) is 0 Å². The molecular weight excluding hydrogens is 272 g/mol. The number of fused-ring (bicyclic) bond motifs is 1. The number of hydrogen-bond acceptors (Lipinski definition) is 5. The van der Waals surface area contributed by atoms with E-state index < -0.39 is 0 Å². The van der Waals surface area contributed by atoms with Gasteiger partial charge in [-0.05, 0) is 36.7 Å². The van der Waals surface area contributed by atoms with Crippen LogP contribution in [0.1, 0.15) is 17.5 Å². The number of anilines is 1. The molecule has 2 heterocycles. The molecule has 0 unspecified atom stereocenters. The van der Waals surface area contributed by atoms with E-state index in [0.29, 0.717) is 6.54 Å². The van der Waals surface area contributed by atoms with Crippen LogP contribution >= 0.6 is 11.3 Å². The SMILES string of the molecule is CC(=O)N1CCc2cc(-c3nnc(CCN)s3)ccc21. The molecule has 0 spiro atoms. The summed E-state index contributed by atoms with van der Waals surface area (Å²) >= 11 is 1.58. The summed E-state index contributed by atoms with van der Waals surface area (Å²) in [6, 6.07) is 6.13. The Morgan fingerprint density at radius 2 is 2.30 bits per heavy atom. The van der Waals surface area contributed by atoms with Gasteiger partial charge in [0.25, 0.3) is 0 Å². The summed E-state index contributed by atoms with van der Waals surface area (Å²) in [6.45, 7) is 2.96. The van der Waals surface area contributed by atoms with Gasteiger partial charge in [-0.25, -0.2) is 0 Å². The van der Waals surface area contributed by atoms with Crippen LogP contribution in [0, 0.1) is 0 Å². The Hall–Kier alpha value is -1.79. The first-order valence-corrected chi connectivity index (χ1v) is 7.44. The first kappa shape index (κ1) is 13.2.